The SMILES string of the molecule is CCCCCC/C=C\C/C=C\CCCCCCCCCC(=O)OC(COC(=O)CCCCCCCCCCCCCCCCCCCC)COC(=O)CCCCCCCCCCCCCCCCCCCCCCCCC. The fourth-order valence-corrected chi connectivity index (χ4v) is 10.7. The Morgan fingerprint density at radius 3 is 0.727 bits per heavy atom. The largest absolute Gasteiger partial charge is 0.462 e. The number of hydrogen-bond donors (Lipinski definition) is 0. The van der Waals surface area contributed by atoms with Gasteiger partial charge in [0.1, 0.15) is 13.2 Å². The van der Waals surface area contributed by atoms with Crippen LogP contribution in [0, 0.1) is 0 Å². The summed E-state index contributed by atoms with van der Waals surface area (Å²) in [5.74, 6) is -0.842. The van der Waals surface area contributed by atoms with Gasteiger partial charge in [-0.25, -0.2) is 0 Å². The van der Waals surface area contributed by atoms with E-state index in [2.05, 4.69) is 45.1 Å². The molecule has 0 aliphatic carbocycles. The lowest BCUT2D eigenvalue weighted by atomic mass is 10.0. The second kappa shape index (κ2) is 66.4. The topological polar surface area (TPSA) is 78.9 Å². The summed E-state index contributed by atoms with van der Waals surface area (Å²) in [6.45, 7) is 6.71. The average molecular weight is 1080 g/mol. The molecule has 0 rings (SSSR count). The Labute approximate surface area is 481 Å². The minimum Gasteiger partial charge on any atom is -0.462 e. The summed E-state index contributed by atoms with van der Waals surface area (Å²) in [6.07, 6.45) is 80.5. The van der Waals surface area contributed by atoms with Gasteiger partial charge in [-0.2, -0.15) is 0 Å². The van der Waals surface area contributed by atoms with Gasteiger partial charge in [0.2, 0.25) is 0 Å². The Morgan fingerprint density at radius 1 is 0.260 bits per heavy atom. The minimum atomic E-state index is -0.772. The molecule has 0 amide bonds. The summed E-state index contributed by atoms with van der Waals surface area (Å²) in [5.41, 5.74) is 0. The predicted molar refractivity (Wildman–Crippen MR) is 335 cm³/mol. The molecular weight excluding hydrogens is 949 g/mol. The molecule has 0 N–H and O–H groups in total. The second-order valence-electron chi connectivity index (χ2n) is 23.8. The zero-order valence-electron chi connectivity index (χ0n) is 52.3. The summed E-state index contributed by atoms with van der Waals surface area (Å²) >= 11 is 0. The molecule has 454 valence electrons. The van der Waals surface area contributed by atoms with Gasteiger partial charge in [-0.05, 0) is 51.4 Å². The van der Waals surface area contributed by atoms with Crippen molar-refractivity contribution in [3.8, 4) is 0 Å². The first-order valence-corrected chi connectivity index (χ1v) is 34.8. The maximum Gasteiger partial charge on any atom is 0.306 e. The minimum absolute atomic E-state index is 0.0680. The fraction of sp³-hybridized carbons (Fsp3) is 0.901. The van der Waals surface area contributed by atoms with Crippen LogP contribution in [0.1, 0.15) is 393 Å². The van der Waals surface area contributed by atoms with E-state index in [-0.39, 0.29) is 31.1 Å². The predicted octanol–water partition coefficient (Wildman–Crippen LogP) is 23.8. The van der Waals surface area contributed by atoms with Crippen molar-refractivity contribution in [3.63, 3.8) is 0 Å². The van der Waals surface area contributed by atoms with Crippen LogP contribution in [0.3, 0.4) is 0 Å². The zero-order valence-corrected chi connectivity index (χ0v) is 52.3. The number of carbonyl (C=O) groups excluding carboxylic acids is 3. The van der Waals surface area contributed by atoms with Crippen molar-refractivity contribution in [2.75, 3.05) is 13.2 Å². The van der Waals surface area contributed by atoms with Gasteiger partial charge in [-0.1, -0.05) is 347 Å². The van der Waals surface area contributed by atoms with Gasteiger partial charge in [0.15, 0.2) is 6.10 Å². The van der Waals surface area contributed by atoms with Gasteiger partial charge in [0, 0.05) is 19.3 Å². The highest BCUT2D eigenvalue weighted by molar-refractivity contribution is 5.71. The molecule has 6 heteroatoms. The lowest BCUT2D eigenvalue weighted by Gasteiger charge is -2.18. The number of carbonyl (C=O) groups is 3. The molecule has 0 fully saturated rings. The zero-order chi connectivity index (χ0) is 55.7. The van der Waals surface area contributed by atoms with E-state index < -0.39 is 6.10 Å². The number of rotatable bonds is 65. The van der Waals surface area contributed by atoms with Crippen LogP contribution in [0.4, 0.5) is 0 Å². The molecule has 0 aromatic rings. The lowest BCUT2D eigenvalue weighted by Crippen LogP contribution is -2.30. The first-order valence-electron chi connectivity index (χ1n) is 34.8. The van der Waals surface area contributed by atoms with E-state index in [1.165, 1.54) is 283 Å². The molecule has 6 nitrogen and oxygen atoms in total. The van der Waals surface area contributed by atoms with E-state index >= 15 is 0 Å². The molecule has 0 heterocycles. The standard InChI is InChI=1S/C71H134O6/c1-4-7-10-13-16-19-22-25-28-31-34-35-36-37-38-41-43-46-49-52-55-58-61-64-70(73)76-67-68(77-71(74)65-62-59-56-53-50-47-44-40-33-30-27-24-21-18-15-12-9-6-3)66-75-69(72)63-60-57-54-51-48-45-42-39-32-29-26-23-20-17-14-11-8-5-2/h21,24,30,33,68H,4-20,22-23,25-29,31-32,34-67H2,1-3H3/b24-21-,33-30-. The van der Waals surface area contributed by atoms with Crippen LogP contribution in [0.15, 0.2) is 24.3 Å². The number of hydrogen-bond acceptors (Lipinski definition) is 6. The van der Waals surface area contributed by atoms with E-state index in [9.17, 15) is 14.4 Å². The smallest absolute Gasteiger partial charge is 0.306 e. The Morgan fingerprint density at radius 2 is 0.468 bits per heavy atom. The summed E-state index contributed by atoms with van der Waals surface area (Å²) in [5, 5.41) is 0. The highest BCUT2D eigenvalue weighted by Gasteiger charge is 2.19. The molecule has 0 radical (unpaired) electrons. The van der Waals surface area contributed by atoms with Crippen LogP contribution in [-0.4, -0.2) is 37.2 Å². The van der Waals surface area contributed by atoms with Crippen molar-refractivity contribution in [2.45, 2.75) is 399 Å². The molecule has 0 spiro atoms. The van der Waals surface area contributed by atoms with Gasteiger partial charge in [0.05, 0.1) is 0 Å². The van der Waals surface area contributed by atoms with E-state index in [1.54, 1.807) is 0 Å². The molecule has 0 aliphatic rings. The van der Waals surface area contributed by atoms with Crippen LogP contribution in [0.25, 0.3) is 0 Å². The molecule has 77 heavy (non-hydrogen) atoms. The lowest BCUT2D eigenvalue weighted by molar-refractivity contribution is -0.167. The Balaban J connectivity index is 4.29. The third kappa shape index (κ3) is 64.6. The highest BCUT2D eigenvalue weighted by Crippen LogP contribution is 2.19. The van der Waals surface area contributed by atoms with Gasteiger partial charge in [-0.3, -0.25) is 14.4 Å². The molecule has 0 saturated carbocycles. The fourth-order valence-electron chi connectivity index (χ4n) is 10.7. The van der Waals surface area contributed by atoms with Crippen LogP contribution < -0.4 is 0 Å². The molecule has 1 atom stereocenters. The molecule has 0 aliphatic heterocycles. The van der Waals surface area contributed by atoms with Crippen molar-refractivity contribution >= 4 is 17.9 Å². The summed E-state index contributed by atoms with van der Waals surface area (Å²) in [4.78, 5) is 38.4. The first-order chi connectivity index (χ1) is 38.0. The Hall–Kier alpha value is -2.11. The van der Waals surface area contributed by atoms with Gasteiger partial charge >= 0.3 is 17.9 Å². The number of esters is 3. The third-order valence-corrected chi connectivity index (χ3v) is 16.0. The Bertz CT molecular complexity index is 1240. The van der Waals surface area contributed by atoms with Gasteiger partial charge in [0.25, 0.3) is 0 Å². The maximum absolute atomic E-state index is 12.9. The van der Waals surface area contributed by atoms with E-state index in [4.69, 9.17) is 14.2 Å². The summed E-state index contributed by atoms with van der Waals surface area (Å²) < 4.78 is 17.0. The van der Waals surface area contributed by atoms with Gasteiger partial charge < -0.3 is 14.2 Å². The summed E-state index contributed by atoms with van der Waals surface area (Å²) in [7, 11) is 0. The quantitative estimate of drug-likeness (QED) is 0.0261. The van der Waals surface area contributed by atoms with Crippen LogP contribution in [0.2, 0.25) is 0 Å². The molecular formula is C71H134O6. The number of unbranched alkanes of at least 4 members (excludes halogenated alkanes) is 50. The number of allylic oxidation sites excluding steroid dienone is 4. The monoisotopic (exact) mass is 1080 g/mol. The van der Waals surface area contributed by atoms with Crippen molar-refractivity contribution in [3.05, 3.63) is 24.3 Å². The van der Waals surface area contributed by atoms with Crippen molar-refractivity contribution in [1.82, 2.24) is 0 Å². The summed E-state index contributed by atoms with van der Waals surface area (Å²) in [6, 6.07) is 0. The van der Waals surface area contributed by atoms with E-state index in [0.717, 1.165) is 70.6 Å². The highest BCUT2D eigenvalue weighted by atomic mass is 16.6. The molecule has 0 bridgehead atoms. The van der Waals surface area contributed by atoms with Gasteiger partial charge in [-0.15, -0.1) is 0 Å². The third-order valence-electron chi connectivity index (χ3n) is 16.0. The molecule has 0 aromatic carbocycles. The van der Waals surface area contributed by atoms with Crippen molar-refractivity contribution in [1.29, 1.82) is 0 Å². The van der Waals surface area contributed by atoms with Crippen LogP contribution >= 0.6 is 0 Å². The van der Waals surface area contributed by atoms with Crippen LogP contribution in [0.5, 0.6) is 0 Å². The normalized spacial score (nSPS) is 12.1. The first kappa shape index (κ1) is 74.9. The van der Waals surface area contributed by atoms with Crippen molar-refractivity contribution in [2.24, 2.45) is 0 Å². The van der Waals surface area contributed by atoms with Crippen LogP contribution in [-0.2, 0) is 28.6 Å². The van der Waals surface area contributed by atoms with Crippen molar-refractivity contribution < 1.29 is 28.6 Å². The maximum atomic E-state index is 12.9. The Kier molecular flexibility index (Phi) is 64.6. The average Bonchev–Trinajstić information content (AvgIpc) is 3.43. The molecule has 0 aromatic heterocycles. The molecule has 0 saturated heterocycles. The second-order valence-corrected chi connectivity index (χ2v) is 23.8. The van der Waals surface area contributed by atoms with E-state index in [0.29, 0.717) is 19.3 Å². The van der Waals surface area contributed by atoms with E-state index in [1.807, 2.05) is 0 Å². The number of ether oxygens (including phenoxy) is 3. The molecule has 1 unspecified atom stereocenters.